The first-order chi connectivity index (χ1) is 14.3. The van der Waals surface area contributed by atoms with Crippen molar-refractivity contribution in [3.8, 4) is 5.75 Å². The maximum Gasteiger partial charge on any atom is 0.256 e. The predicted octanol–water partition coefficient (Wildman–Crippen LogP) is 3.98. The summed E-state index contributed by atoms with van der Waals surface area (Å²) in [4.78, 5) is 17.0. The molecule has 3 rings (SSSR count). The number of hydrogen-bond acceptors (Lipinski definition) is 5. The molecule has 0 atom stereocenters. The number of sulfonamides is 1. The summed E-state index contributed by atoms with van der Waals surface area (Å²) >= 11 is 0. The van der Waals surface area contributed by atoms with Crippen LogP contribution >= 0.6 is 0 Å². The molecule has 1 aromatic heterocycles. The lowest BCUT2D eigenvalue weighted by atomic mass is 9.90. The molecule has 1 aromatic carbocycles. The van der Waals surface area contributed by atoms with E-state index in [9.17, 15) is 13.2 Å². The van der Waals surface area contributed by atoms with Crippen molar-refractivity contribution in [3.63, 3.8) is 0 Å². The number of rotatable bonds is 8. The van der Waals surface area contributed by atoms with Crippen LogP contribution in [0.5, 0.6) is 5.75 Å². The Labute approximate surface area is 178 Å². The Hall–Kier alpha value is -2.45. The van der Waals surface area contributed by atoms with E-state index in [0.717, 1.165) is 12.8 Å². The van der Waals surface area contributed by atoms with E-state index < -0.39 is 15.9 Å². The van der Waals surface area contributed by atoms with Gasteiger partial charge in [0.15, 0.2) is 11.6 Å². The van der Waals surface area contributed by atoms with Crippen LogP contribution in [0.2, 0.25) is 0 Å². The number of ether oxygens (including phenoxy) is 1. The lowest BCUT2D eigenvalue weighted by Gasteiger charge is -2.22. The molecule has 0 spiro atoms. The van der Waals surface area contributed by atoms with Gasteiger partial charge in [0.1, 0.15) is 0 Å². The van der Waals surface area contributed by atoms with Crippen LogP contribution in [0, 0.1) is 5.92 Å². The van der Waals surface area contributed by atoms with E-state index >= 15 is 0 Å². The topological polar surface area (TPSA) is 97.4 Å². The molecule has 1 aliphatic rings. The molecule has 0 bridgehead atoms. The second-order valence-corrected chi connectivity index (χ2v) is 9.64. The molecule has 0 aliphatic heterocycles. The van der Waals surface area contributed by atoms with E-state index in [-0.39, 0.29) is 16.5 Å². The smallest absolute Gasteiger partial charge is 0.256 e. The van der Waals surface area contributed by atoms with Gasteiger partial charge in [0.25, 0.3) is 5.91 Å². The highest BCUT2D eigenvalue weighted by Crippen LogP contribution is 2.27. The van der Waals surface area contributed by atoms with Crippen LogP contribution < -0.4 is 14.8 Å². The van der Waals surface area contributed by atoms with E-state index in [2.05, 4.69) is 15.0 Å². The monoisotopic (exact) mass is 431 g/mol. The number of benzene rings is 1. The van der Waals surface area contributed by atoms with Crippen molar-refractivity contribution >= 4 is 21.7 Å². The molecule has 1 aliphatic carbocycles. The third-order valence-corrected chi connectivity index (χ3v) is 6.66. The van der Waals surface area contributed by atoms with Gasteiger partial charge >= 0.3 is 0 Å². The van der Waals surface area contributed by atoms with Crippen molar-refractivity contribution in [2.75, 3.05) is 11.9 Å². The number of amides is 1. The molecule has 2 N–H and O–H groups in total. The molecule has 30 heavy (non-hydrogen) atoms. The van der Waals surface area contributed by atoms with Gasteiger partial charge in [-0.3, -0.25) is 4.79 Å². The van der Waals surface area contributed by atoms with Crippen LogP contribution in [-0.4, -0.2) is 32.0 Å². The van der Waals surface area contributed by atoms with E-state index in [0.29, 0.717) is 24.1 Å². The predicted molar refractivity (Wildman–Crippen MR) is 116 cm³/mol. The number of nitrogens with one attached hydrogen (secondary N) is 2. The maximum atomic E-state index is 12.8. The summed E-state index contributed by atoms with van der Waals surface area (Å²) in [7, 11) is -3.69. The molecule has 2 aromatic rings. The third-order valence-electron chi connectivity index (χ3n) is 5.00. The zero-order valence-electron chi connectivity index (χ0n) is 17.4. The largest absolute Gasteiger partial charge is 0.489 e. The summed E-state index contributed by atoms with van der Waals surface area (Å²) in [5.41, 5.74) is 0.227. The Balaban J connectivity index is 1.71. The fourth-order valence-corrected chi connectivity index (χ4v) is 4.82. The molecular formula is C22H29N3O4S. The Morgan fingerprint density at radius 3 is 2.67 bits per heavy atom. The summed E-state index contributed by atoms with van der Waals surface area (Å²) in [6, 6.07) is 9.21. The van der Waals surface area contributed by atoms with Gasteiger partial charge in [0.05, 0.1) is 11.5 Å². The van der Waals surface area contributed by atoms with E-state index in [1.165, 1.54) is 31.4 Å². The Morgan fingerprint density at radius 1 is 1.17 bits per heavy atom. The highest BCUT2D eigenvalue weighted by Gasteiger charge is 2.19. The maximum absolute atomic E-state index is 12.8. The van der Waals surface area contributed by atoms with Gasteiger partial charge in [-0.1, -0.05) is 25.3 Å². The zero-order valence-corrected chi connectivity index (χ0v) is 18.2. The minimum atomic E-state index is -3.69. The van der Waals surface area contributed by atoms with Crippen LogP contribution in [-0.2, 0) is 10.0 Å². The quantitative estimate of drug-likeness (QED) is 0.659. The van der Waals surface area contributed by atoms with Crippen molar-refractivity contribution in [2.24, 2.45) is 5.92 Å². The summed E-state index contributed by atoms with van der Waals surface area (Å²) in [5.74, 6) is 0.921. The average Bonchev–Trinajstić information content (AvgIpc) is 2.73. The first-order valence-electron chi connectivity index (χ1n) is 10.4. The molecule has 162 valence electrons. The van der Waals surface area contributed by atoms with E-state index in [1.54, 1.807) is 44.3 Å². The first kappa shape index (κ1) is 22.2. The van der Waals surface area contributed by atoms with Crippen molar-refractivity contribution in [1.29, 1.82) is 0 Å². The van der Waals surface area contributed by atoms with Crippen LogP contribution in [0.3, 0.4) is 0 Å². The van der Waals surface area contributed by atoms with Crippen LogP contribution in [0.1, 0.15) is 56.3 Å². The Morgan fingerprint density at radius 2 is 1.93 bits per heavy atom. The number of carbonyl (C=O) groups excluding carboxylic acids is 1. The van der Waals surface area contributed by atoms with Crippen molar-refractivity contribution < 1.29 is 17.9 Å². The highest BCUT2D eigenvalue weighted by molar-refractivity contribution is 7.89. The molecular weight excluding hydrogens is 402 g/mol. The zero-order chi connectivity index (χ0) is 21.6. The Bertz CT molecular complexity index is 970. The first-order valence-corrected chi connectivity index (χ1v) is 11.8. The van der Waals surface area contributed by atoms with Gasteiger partial charge < -0.3 is 10.1 Å². The molecule has 1 amide bonds. The second-order valence-electron chi connectivity index (χ2n) is 7.92. The molecule has 8 heteroatoms. The van der Waals surface area contributed by atoms with Crippen molar-refractivity contribution in [3.05, 3.63) is 48.2 Å². The minimum absolute atomic E-state index is 0.0404. The molecule has 1 saturated carbocycles. The van der Waals surface area contributed by atoms with Gasteiger partial charge in [-0.2, -0.15) is 0 Å². The molecule has 0 unspecified atom stereocenters. The standard InChI is InChI=1S/C22H29N3O4S/c1-16(2)25-30(27,28)19-11-6-10-18(14-19)22(26)24-21-20(12-7-13-23-21)29-15-17-8-4-3-5-9-17/h6-7,10-14,16-17,25H,3-5,8-9,15H2,1-2H3,(H,23,24,26). The molecule has 7 nitrogen and oxygen atoms in total. The molecule has 0 saturated heterocycles. The van der Waals surface area contributed by atoms with Crippen molar-refractivity contribution in [1.82, 2.24) is 9.71 Å². The van der Waals surface area contributed by atoms with Crippen LogP contribution in [0.25, 0.3) is 0 Å². The highest BCUT2D eigenvalue weighted by atomic mass is 32.2. The van der Waals surface area contributed by atoms with Gasteiger partial charge in [-0.15, -0.1) is 0 Å². The SMILES string of the molecule is CC(C)NS(=O)(=O)c1cccc(C(=O)Nc2ncccc2OCC2CCCCC2)c1. The fourth-order valence-electron chi connectivity index (χ4n) is 3.52. The normalized spacial score (nSPS) is 15.2. The fraction of sp³-hybridized carbons (Fsp3) is 0.455. The number of hydrogen-bond donors (Lipinski definition) is 2. The molecule has 1 fully saturated rings. The lowest BCUT2D eigenvalue weighted by molar-refractivity contribution is 0.102. The molecule has 1 heterocycles. The number of aromatic nitrogens is 1. The minimum Gasteiger partial charge on any atom is -0.489 e. The second kappa shape index (κ2) is 10.0. The number of anilines is 1. The van der Waals surface area contributed by atoms with Gasteiger partial charge in [0, 0.05) is 17.8 Å². The number of nitrogens with zero attached hydrogens (tertiary/aromatic N) is 1. The van der Waals surface area contributed by atoms with Gasteiger partial charge in [-0.25, -0.2) is 18.1 Å². The third kappa shape index (κ3) is 6.03. The summed E-state index contributed by atoms with van der Waals surface area (Å²) < 4.78 is 33.2. The molecule has 0 radical (unpaired) electrons. The number of carbonyl (C=O) groups is 1. The van der Waals surface area contributed by atoms with Crippen molar-refractivity contribution in [2.45, 2.75) is 56.9 Å². The van der Waals surface area contributed by atoms with E-state index in [1.807, 2.05) is 0 Å². The lowest BCUT2D eigenvalue weighted by Crippen LogP contribution is -2.30. The van der Waals surface area contributed by atoms with Crippen LogP contribution in [0.4, 0.5) is 5.82 Å². The summed E-state index contributed by atoms with van der Waals surface area (Å²) in [6.07, 6.45) is 7.65. The van der Waals surface area contributed by atoms with E-state index in [4.69, 9.17) is 4.74 Å². The average molecular weight is 432 g/mol. The van der Waals surface area contributed by atoms with Gasteiger partial charge in [-0.05, 0) is 62.9 Å². The van der Waals surface area contributed by atoms with Crippen LogP contribution in [0.15, 0.2) is 47.5 Å². The Kier molecular flexibility index (Phi) is 7.44. The summed E-state index contributed by atoms with van der Waals surface area (Å²) in [6.45, 7) is 4.08. The summed E-state index contributed by atoms with van der Waals surface area (Å²) in [5, 5.41) is 2.74. The van der Waals surface area contributed by atoms with Gasteiger partial charge in [0.2, 0.25) is 10.0 Å². The number of pyridine rings is 1.